The van der Waals surface area contributed by atoms with Crippen LogP contribution in [-0.4, -0.2) is 21.6 Å². The number of anilines is 1. The van der Waals surface area contributed by atoms with E-state index in [9.17, 15) is 18.3 Å². The van der Waals surface area contributed by atoms with Crippen LogP contribution < -0.4 is 14.1 Å². The Morgan fingerprint density at radius 1 is 1.08 bits per heavy atom. The van der Waals surface area contributed by atoms with Gasteiger partial charge in [0.25, 0.3) is 0 Å². The minimum absolute atomic E-state index is 0.00852. The van der Waals surface area contributed by atoms with Crippen LogP contribution in [0.2, 0.25) is 0 Å². The minimum atomic E-state index is -4.60. The molecule has 136 valence electrons. The van der Waals surface area contributed by atoms with Gasteiger partial charge in [-0.2, -0.15) is 8.42 Å². The number of ether oxygens (including phenoxy) is 1. The molecule has 0 bridgehead atoms. The Balaban J connectivity index is 4.07. The number of benzene rings is 1. The van der Waals surface area contributed by atoms with E-state index in [-0.39, 0.29) is 9.99 Å². The maximum absolute atomic E-state index is 11.9. The van der Waals surface area contributed by atoms with Crippen molar-refractivity contribution >= 4 is 31.7 Å². The lowest BCUT2D eigenvalue weighted by Gasteiger charge is -2.35. The lowest BCUT2D eigenvalue weighted by atomic mass is 9.78. The van der Waals surface area contributed by atoms with Gasteiger partial charge in [0.2, 0.25) is 0 Å². The highest BCUT2D eigenvalue weighted by Gasteiger charge is 2.34. The molecule has 0 aliphatic rings. The number of hydrogen-bond donors (Lipinski definition) is 0. The zero-order chi connectivity index (χ0) is 19.1. The minimum Gasteiger partial charge on any atom is -0.529 e. The third kappa shape index (κ3) is 4.33. The third-order valence-corrected chi connectivity index (χ3v) is 4.70. The van der Waals surface area contributed by atoms with E-state index in [1.165, 1.54) is 7.11 Å². The maximum atomic E-state index is 11.9. The number of methoxy groups -OCH3 is 1. The SMILES string of the molecule is COc1cc(C(C)(C)C)c(N(C(=O)[O-])S(=O)(=O)Cl)c(C(C)(C)C)c1. The molecule has 0 aromatic heterocycles. The number of carboxylic acid groups (broad SMARTS) is 1. The van der Waals surface area contributed by atoms with Crippen molar-refractivity contribution in [3.05, 3.63) is 23.3 Å². The predicted molar refractivity (Wildman–Crippen MR) is 93.0 cm³/mol. The van der Waals surface area contributed by atoms with Gasteiger partial charge in [0, 0.05) is 10.7 Å². The Kier molecular flexibility index (Phi) is 5.52. The van der Waals surface area contributed by atoms with Crippen molar-refractivity contribution in [1.29, 1.82) is 0 Å². The fraction of sp³-hybridized carbons (Fsp3) is 0.562. The number of halogens is 1. The fourth-order valence-corrected chi connectivity index (χ4v) is 3.35. The van der Waals surface area contributed by atoms with E-state index >= 15 is 0 Å². The Morgan fingerprint density at radius 2 is 1.46 bits per heavy atom. The number of amides is 1. The van der Waals surface area contributed by atoms with Crippen LogP contribution in [0, 0.1) is 0 Å². The highest BCUT2D eigenvalue weighted by molar-refractivity contribution is 8.15. The van der Waals surface area contributed by atoms with E-state index in [4.69, 9.17) is 15.4 Å². The molecule has 0 saturated heterocycles. The second-order valence-corrected chi connectivity index (χ2v) is 9.90. The molecule has 0 aliphatic heterocycles. The molecule has 0 radical (unpaired) electrons. The molecule has 0 saturated carbocycles. The molecule has 1 amide bonds. The molecule has 0 fully saturated rings. The molecular formula is C16H23ClNO5S-. The normalized spacial score (nSPS) is 12.8. The van der Waals surface area contributed by atoms with Crippen LogP contribution in [0.3, 0.4) is 0 Å². The first-order chi connectivity index (χ1) is 10.6. The molecule has 0 heterocycles. The molecule has 0 N–H and O–H groups in total. The summed E-state index contributed by atoms with van der Waals surface area (Å²) in [6.45, 7) is 11.0. The van der Waals surface area contributed by atoms with Crippen molar-refractivity contribution in [2.75, 3.05) is 11.4 Å². The third-order valence-electron chi connectivity index (χ3n) is 3.52. The molecular weight excluding hydrogens is 354 g/mol. The summed E-state index contributed by atoms with van der Waals surface area (Å²) < 4.78 is 29.3. The van der Waals surface area contributed by atoms with Crippen LogP contribution >= 0.6 is 10.7 Å². The van der Waals surface area contributed by atoms with Gasteiger partial charge in [0.05, 0.1) is 12.8 Å². The van der Waals surface area contributed by atoms with Crippen LogP contribution in [0.25, 0.3) is 0 Å². The van der Waals surface area contributed by atoms with Crippen molar-refractivity contribution in [2.24, 2.45) is 0 Å². The summed E-state index contributed by atoms with van der Waals surface area (Å²) in [5.41, 5.74) is -0.204. The van der Waals surface area contributed by atoms with Gasteiger partial charge in [-0.15, -0.1) is 0 Å². The van der Waals surface area contributed by atoms with Crippen LogP contribution in [0.1, 0.15) is 52.7 Å². The quantitative estimate of drug-likeness (QED) is 0.757. The van der Waals surface area contributed by atoms with Crippen molar-refractivity contribution in [3.8, 4) is 5.75 Å². The lowest BCUT2D eigenvalue weighted by molar-refractivity contribution is -0.244. The Hall–Kier alpha value is -1.47. The molecule has 0 aliphatic carbocycles. The summed E-state index contributed by atoms with van der Waals surface area (Å²) in [6.07, 6.45) is -1.91. The van der Waals surface area contributed by atoms with E-state index in [2.05, 4.69) is 0 Å². The van der Waals surface area contributed by atoms with E-state index in [1.54, 1.807) is 12.1 Å². The second kappa shape index (κ2) is 6.44. The first-order valence-corrected chi connectivity index (χ1v) is 9.56. The van der Waals surface area contributed by atoms with Gasteiger partial charge in [-0.3, -0.25) is 0 Å². The molecule has 8 heteroatoms. The van der Waals surface area contributed by atoms with Crippen LogP contribution in [0.15, 0.2) is 12.1 Å². The molecule has 0 spiro atoms. The van der Waals surface area contributed by atoms with Crippen LogP contribution in [-0.2, 0) is 20.1 Å². The molecule has 1 aromatic rings. The molecule has 24 heavy (non-hydrogen) atoms. The van der Waals surface area contributed by atoms with Gasteiger partial charge in [-0.1, -0.05) is 41.5 Å². The van der Waals surface area contributed by atoms with Gasteiger partial charge in [0.1, 0.15) is 5.75 Å². The monoisotopic (exact) mass is 376 g/mol. The standard InChI is InChI=1S/C16H24ClNO5S/c1-15(2,3)11-8-10(23-7)9-12(16(4,5)6)13(11)18(14(19)20)24(17,21)22/h8-9H,1-7H3,(H,19,20)/p-1. The van der Waals surface area contributed by atoms with Crippen molar-refractivity contribution < 1.29 is 23.1 Å². The first kappa shape index (κ1) is 20.6. The Labute approximate surface area is 147 Å². The van der Waals surface area contributed by atoms with Crippen molar-refractivity contribution in [1.82, 2.24) is 0 Å². The Bertz CT molecular complexity index is 710. The fourth-order valence-electron chi connectivity index (χ4n) is 2.38. The average Bonchev–Trinajstić information content (AvgIpc) is 2.33. The van der Waals surface area contributed by atoms with E-state index < -0.39 is 26.2 Å². The highest BCUT2D eigenvalue weighted by Crippen LogP contribution is 2.44. The van der Waals surface area contributed by atoms with Crippen molar-refractivity contribution in [3.63, 3.8) is 0 Å². The van der Waals surface area contributed by atoms with Crippen LogP contribution in [0.5, 0.6) is 5.75 Å². The number of nitrogens with zero attached hydrogens (tertiary/aromatic N) is 1. The van der Waals surface area contributed by atoms with Crippen LogP contribution in [0.4, 0.5) is 10.5 Å². The van der Waals surface area contributed by atoms with E-state index in [0.29, 0.717) is 16.9 Å². The molecule has 1 aromatic carbocycles. The Morgan fingerprint density at radius 3 is 1.67 bits per heavy atom. The summed E-state index contributed by atoms with van der Waals surface area (Å²) in [5, 5.41) is 11.6. The van der Waals surface area contributed by atoms with Gasteiger partial charge in [0.15, 0.2) is 6.09 Å². The topological polar surface area (TPSA) is 86.7 Å². The second-order valence-electron chi connectivity index (χ2n) is 7.54. The summed E-state index contributed by atoms with van der Waals surface area (Å²) in [7, 11) is 2.28. The van der Waals surface area contributed by atoms with Gasteiger partial charge in [-0.05, 0) is 34.1 Å². The molecule has 1 rings (SSSR count). The van der Waals surface area contributed by atoms with E-state index in [1.807, 2.05) is 41.5 Å². The van der Waals surface area contributed by atoms with Gasteiger partial charge in [-0.25, -0.2) is 4.31 Å². The number of carbonyl (C=O) groups excluding carboxylic acids is 1. The molecule has 0 unspecified atom stereocenters. The number of carbonyl (C=O) groups is 1. The largest absolute Gasteiger partial charge is 0.529 e. The smallest absolute Gasteiger partial charge is 0.327 e. The number of rotatable bonds is 3. The zero-order valence-corrected chi connectivity index (χ0v) is 16.5. The first-order valence-electron chi connectivity index (χ1n) is 7.29. The van der Waals surface area contributed by atoms with E-state index in [0.717, 1.165) is 0 Å². The van der Waals surface area contributed by atoms with Crippen molar-refractivity contribution in [2.45, 2.75) is 52.4 Å². The summed E-state index contributed by atoms with van der Waals surface area (Å²) in [6, 6.07) is 3.23. The van der Waals surface area contributed by atoms with Gasteiger partial charge >= 0.3 is 9.24 Å². The molecule has 6 nitrogen and oxygen atoms in total. The number of hydrogen-bond acceptors (Lipinski definition) is 5. The summed E-state index contributed by atoms with van der Waals surface area (Å²) in [4.78, 5) is 11.6. The molecule has 0 atom stereocenters. The maximum Gasteiger partial charge on any atom is 0.327 e. The summed E-state index contributed by atoms with van der Waals surface area (Å²) in [5.74, 6) is 0.499. The average molecular weight is 377 g/mol. The highest BCUT2D eigenvalue weighted by atomic mass is 35.7. The predicted octanol–water partition coefficient (Wildman–Crippen LogP) is 2.92. The summed E-state index contributed by atoms with van der Waals surface area (Å²) >= 11 is 0. The van der Waals surface area contributed by atoms with Gasteiger partial charge < -0.3 is 14.6 Å². The lowest BCUT2D eigenvalue weighted by Crippen LogP contribution is -2.45. The zero-order valence-electron chi connectivity index (χ0n) is 14.9.